The summed E-state index contributed by atoms with van der Waals surface area (Å²) in [6.07, 6.45) is 4.24. The lowest BCUT2D eigenvalue weighted by molar-refractivity contribution is -0.139. The molecule has 4 aliphatic rings. The van der Waals surface area contributed by atoms with Crippen molar-refractivity contribution in [3.05, 3.63) is 29.3 Å². The second kappa shape index (κ2) is 8.26. The first kappa shape index (κ1) is 21.6. The molecule has 1 aromatic carbocycles. The summed E-state index contributed by atoms with van der Waals surface area (Å²) in [7, 11) is 0. The van der Waals surface area contributed by atoms with E-state index in [1.165, 1.54) is 6.07 Å². The number of piperidine rings is 1. The van der Waals surface area contributed by atoms with E-state index in [0.29, 0.717) is 12.2 Å². The Morgan fingerprint density at radius 2 is 1.91 bits per heavy atom. The Bertz CT molecular complexity index is 1050. The van der Waals surface area contributed by atoms with Gasteiger partial charge in [0.1, 0.15) is 6.04 Å². The second-order valence-corrected chi connectivity index (χ2v) is 9.15. The molecular formula is C23H27N5O5. The molecule has 0 aromatic heterocycles. The molecular weight excluding hydrogens is 426 g/mol. The Labute approximate surface area is 191 Å². The molecule has 3 N–H and O–H groups in total. The van der Waals surface area contributed by atoms with Gasteiger partial charge in [-0.05, 0) is 50.8 Å². The lowest BCUT2D eigenvalue weighted by Crippen LogP contribution is -2.57. The van der Waals surface area contributed by atoms with E-state index in [2.05, 4.69) is 16.0 Å². The van der Waals surface area contributed by atoms with E-state index in [9.17, 15) is 24.0 Å². The van der Waals surface area contributed by atoms with Crippen LogP contribution in [-0.2, 0) is 14.4 Å². The number of fused-ring (bicyclic) bond motifs is 1. The van der Waals surface area contributed by atoms with E-state index in [1.54, 1.807) is 12.1 Å². The largest absolute Gasteiger partial charge is 0.375 e. The molecule has 3 aliphatic heterocycles. The molecule has 1 unspecified atom stereocenters. The van der Waals surface area contributed by atoms with Gasteiger partial charge in [-0.25, -0.2) is 0 Å². The van der Waals surface area contributed by atoms with Gasteiger partial charge in [0, 0.05) is 30.7 Å². The van der Waals surface area contributed by atoms with Gasteiger partial charge in [-0.1, -0.05) is 6.07 Å². The highest BCUT2D eigenvalue weighted by molar-refractivity contribution is 6.25. The number of carbonyl (C=O) groups excluding carboxylic acids is 5. The van der Waals surface area contributed by atoms with E-state index in [0.717, 1.165) is 43.7 Å². The number of anilines is 1. The number of benzene rings is 1. The monoisotopic (exact) mass is 453 g/mol. The first-order valence-corrected chi connectivity index (χ1v) is 11.5. The van der Waals surface area contributed by atoms with Crippen LogP contribution in [0.25, 0.3) is 0 Å². The van der Waals surface area contributed by atoms with Gasteiger partial charge < -0.3 is 15.5 Å². The van der Waals surface area contributed by atoms with Crippen molar-refractivity contribution in [3.63, 3.8) is 0 Å². The zero-order chi connectivity index (χ0) is 23.2. The van der Waals surface area contributed by atoms with Crippen LogP contribution in [0.15, 0.2) is 18.2 Å². The van der Waals surface area contributed by atoms with Crippen molar-refractivity contribution in [1.82, 2.24) is 20.4 Å². The number of nitrogens with zero attached hydrogens (tertiary/aromatic N) is 2. The fourth-order valence-electron chi connectivity index (χ4n) is 5.43. The zero-order valence-corrected chi connectivity index (χ0v) is 18.3. The van der Waals surface area contributed by atoms with Crippen molar-refractivity contribution in [1.29, 1.82) is 0 Å². The number of rotatable bonds is 4. The molecule has 1 aromatic rings. The molecule has 174 valence electrons. The fourth-order valence-corrected chi connectivity index (χ4v) is 5.43. The van der Waals surface area contributed by atoms with Crippen molar-refractivity contribution < 1.29 is 24.0 Å². The molecule has 33 heavy (non-hydrogen) atoms. The van der Waals surface area contributed by atoms with Gasteiger partial charge in [-0.2, -0.15) is 0 Å². The Morgan fingerprint density at radius 3 is 2.64 bits per heavy atom. The van der Waals surface area contributed by atoms with Crippen molar-refractivity contribution in [2.24, 2.45) is 0 Å². The Morgan fingerprint density at radius 1 is 1.09 bits per heavy atom. The molecule has 10 nitrogen and oxygen atoms in total. The number of hydrogen-bond acceptors (Lipinski definition) is 7. The molecule has 10 heteroatoms. The van der Waals surface area contributed by atoms with Gasteiger partial charge in [0.05, 0.1) is 17.7 Å². The molecule has 0 bridgehead atoms. The molecule has 3 fully saturated rings. The third-order valence-electron chi connectivity index (χ3n) is 7.34. The standard InChI is InChI=1S/C23H27N5O5/c29-17-6-5-16(20(31)26-17)28-21(32)14-3-1-4-15(19(14)22(28)33)25-13-18(30)27-12-11-24-10-9-23(27)7-2-8-23/h1,3-4,16,24-25H,2,5-13H2,(H,26,29,31). The zero-order valence-electron chi connectivity index (χ0n) is 18.3. The van der Waals surface area contributed by atoms with E-state index < -0.39 is 29.7 Å². The fraction of sp³-hybridized carbons (Fsp3) is 0.522. The lowest BCUT2D eigenvalue weighted by atomic mass is 9.73. The molecule has 2 saturated heterocycles. The molecule has 1 spiro atoms. The first-order valence-electron chi connectivity index (χ1n) is 11.5. The predicted molar refractivity (Wildman–Crippen MR) is 117 cm³/mol. The number of amides is 5. The molecule has 1 saturated carbocycles. The average Bonchev–Trinajstić information content (AvgIpc) is 2.93. The second-order valence-electron chi connectivity index (χ2n) is 9.15. The maximum atomic E-state index is 13.2. The van der Waals surface area contributed by atoms with Gasteiger partial charge in [0.15, 0.2) is 0 Å². The van der Waals surface area contributed by atoms with Crippen LogP contribution in [0.1, 0.15) is 59.2 Å². The Kier molecular flexibility index (Phi) is 5.40. The van der Waals surface area contributed by atoms with Gasteiger partial charge in [0.2, 0.25) is 17.7 Å². The summed E-state index contributed by atoms with van der Waals surface area (Å²) in [6.45, 7) is 2.31. The average molecular weight is 453 g/mol. The van der Waals surface area contributed by atoms with Gasteiger partial charge in [-0.3, -0.25) is 34.2 Å². The minimum atomic E-state index is -1.02. The molecule has 5 rings (SSSR count). The summed E-state index contributed by atoms with van der Waals surface area (Å²) in [5, 5.41) is 8.63. The highest BCUT2D eigenvalue weighted by Crippen LogP contribution is 2.41. The first-order chi connectivity index (χ1) is 15.9. The summed E-state index contributed by atoms with van der Waals surface area (Å²) in [6, 6.07) is 3.83. The van der Waals surface area contributed by atoms with Crippen molar-refractivity contribution in [2.75, 3.05) is 31.5 Å². The van der Waals surface area contributed by atoms with Crippen LogP contribution < -0.4 is 16.0 Å². The Hall–Kier alpha value is -3.27. The van der Waals surface area contributed by atoms with Crippen LogP contribution in [0.5, 0.6) is 0 Å². The van der Waals surface area contributed by atoms with E-state index in [-0.39, 0.29) is 42.0 Å². The van der Waals surface area contributed by atoms with Crippen LogP contribution >= 0.6 is 0 Å². The topological polar surface area (TPSA) is 128 Å². The third-order valence-corrected chi connectivity index (χ3v) is 7.34. The lowest BCUT2D eigenvalue weighted by Gasteiger charge is -2.49. The van der Waals surface area contributed by atoms with Gasteiger partial charge in [-0.15, -0.1) is 0 Å². The number of imide groups is 2. The van der Waals surface area contributed by atoms with E-state index in [1.807, 2.05) is 4.90 Å². The summed E-state index contributed by atoms with van der Waals surface area (Å²) in [5.74, 6) is -2.25. The van der Waals surface area contributed by atoms with Crippen molar-refractivity contribution in [3.8, 4) is 0 Å². The van der Waals surface area contributed by atoms with Crippen LogP contribution in [0.2, 0.25) is 0 Å². The van der Waals surface area contributed by atoms with E-state index in [4.69, 9.17) is 0 Å². The minimum Gasteiger partial charge on any atom is -0.375 e. The van der Waals surface area contributed by atoms with Gasteiger partial charge >= 0.3 is 0 Å². The van der Waals surface area contributed by atoms with Gasteiger partial charge in [0.25, 0.3) is 11.8 Å². The van der Waals surface area contributed by atoms with Crippen LogP contribution in [0.4, 0.5) is 5.69 Å². The highest BCUT2D eigenvalue weighted by atomic mass is 16.2. The quantitative estimate of drug-likeness (QED) is 0.558. The van der Waals surface area contributed by atoms with E-state index >= 15 is 0 Å². The minimum absolute atomic E-state index is 0.0120. The van der Waals surface area contributed by atoms with Crippen LogP contribution in [0.3, 0.4) is 0 Å². The molecule has 0 radical (unpaired) electrons. The molecule has 1 aliphatic carbocycles. The van der Waals surface area contributed by atoms with Crippen LogP contribution in [0, 0.1) is 0 Å². The number of nitrogens with one attached hydrogen (secondary N) is 3. The highest BCUT2D eigenvalue weighted by Gasteiger charge is 2.47. The molecule has 1 atom stereocenters. The predicted octanol–water partition coefficient (Wildman–Crippen LogP) is 0.244. The van der Waals surface area contributed by atoms with Crippen LogP contribution in [-0.4, -0.2) is 77.1 Å². The molecule has 3 heterocycles. The summed E-state index contributed by atoms with van der Waals surface area (Å²) in [5.41, 5.74) is 0.673. The SMILES string of the molecule is O=C1CCC(N2C(=O)c3cccc(NCC(=O)N4CCNCCC45CCC5)c3C2=O)C(=O)N1. The Balaban J connectivity index is 1.34. The van der Waals surface area contributed by atoms with Crippen molar-refractivity contribution in [2.45, 2.75) is 50.1 Å². The normalized spacial score (nSPS) is 24.3. The summed E-state index contributed by atoms with van der Waals surface area (Å²) < 4.78 is 0. The third kappa shape index (κ3) is 3.58. The molecule has 5 amide bonds. The maximum absolute atomic E-state index is 13.2. The summed E-state index contributed by atoms with van der Waals surface area (Å²) in [4.78, 5) is 66.0. The smallest absolute Gasteiger partial charge is 0.264 e. The summed E-state index contributed by atoms with van der Waals surface area (Å²) >= 11 is 0. The maximum Gasteiger partial charge on any atom is 0.264 e. The van der Waals surface area contributed by atoms with Crippen molar-refractivity contribution >= 4 is 35.2 Å². The number of carbonyl (C=O) groups is 5. The number of hydrogen-bond donors (Lipinski definition) is 3.